The fourth-order valence-electron chi connectivity index (χ4n) is 1.24. The number of hydrogen-bond donors (Lipinski definition) is 1. The summed E-state index contributed by atoms with van der Waals surface area (Å²) in [5.74, 6) is 0. The van der Waals surface area contributed by atoms with Crippen molar-refractivity contribution < 1.29 is 5.11 Å². The van der Waals surface area contributed by atoms with E-state index in [0.29, 0.717) is 0 Å². The van der Waals surface area contributed by atoms with E-state index in [9.17, 15) is 5.11 Å². The third-order valence-electron chi connectivity index (χ3n) is 2.20. The number of unbranched alkanes of at least 4 members (excludes halogenated alkanes) is 1. The molecule has 3 heteroatoms. The number of benzene rings is 1. The predicted molar refractivity (Wildman–Crippen MR) is 74.8 cm³/mol. The number of aliphatic hydroxyl groups is 1. The molecule has 0 fully saturated rings. The first-order valence-electron chi connectivity index (χ1n) is 5.49. The van der Waals surface area contributed by atoms with Gasteiger partial charge in [-0.25, -0.2) is 0 Å². The van der Waals surface area contributed by atoms with Crippen LogP contribution in [-0.2, 0) is 0 Å². The van der Waals surface area contributed by atoms with Gasteiger partial charge in [0.25, 0.3) is 0 Å². The van der Waals surface area contributed by atoms with Gasteiger partial charge in [-0.3, -0.25) is 0 Å². The highest BCUT2D eigenvalue weighted by molar-refractivity contribution is 9.11. The molecule has 1 atom stereocenters. The third kappa shape index (κ3) is 5.19. The molecular formula is C13H17BrOS. The number of rotatable bonds is 6. The second kappa shape index (κ2) is 7.93. The van der Waals surface area contributed by atoms with Crippen molar-refractivity contribution >= 4 is 27.7 Å². The maximum atomic E-state index is 9.80. The summed E-state index contributed by atoms with van der Waals surface area (Å²) in [7, 11) is 0. The van der Waals surface area contributed by atoms with E-state index < -0.39 is 0 Å². The van der Waals surface area contributed by atoms with Crippen LogP contribution in [0.5, 0.6) is 0 Å². The summed E-state index contributed by atoms with van der Waals surface area (Å²) in [4.78, 5) is 1.18. The van der Waals surface area contributed by atoms with Crippen molar-refractivity contribution in [3.05, 3.63) is 40.2 Å². The van der Waals surface area contributed by atoms with Crippen molar-refractivity contribution in [1.82, 2.24) is 0 Å². The average Bonchev–Trinajstić information content (AvgIpc) is 2.34. The lowest BCUT2D eigenvalue weighted by Gasteiger charge is -2.08. The lowest BCUT2D eigenvalue weighted by molar-refractivity contribution is 0.206. The molecule has 88 valence electrons. The Morgan fingerprint density at radius 2 is 2.12 bits per heavy atom. The quantitative estimate of drug-likeness (QED) is 0.777. The third-order valence-corrected chi connectivity index (χ3v) is 4.18. The van der Waals surface area contributed by atoms with Crippen LogP contribution in [0.3, 0.4) is 0 Å². The Bertz CT molecular complexity index is 324. The van der Waals surface area contributed by atoms with Gasteiger partial charge in [0.1, 0.15) is 0 Å². The molecule has 1 unspecified atom stereocenters. The van der Waals surface area contributed by atoms with Crippen LogP contribution < -0.4 is 0 Å². The second-order valence-corrected chi connectivity index (χ2v) is 5.45. The summed E-state index contributed by atoms with van der Waals surface area (Å²) in [6.07, 6.45) is 2.63. The normalized spacial score (nSPS) is 13.8. The molecule has 0 spiro atoms. The maximum absolute atomic E-state index is 9.80. The Morgan fingerprint density at radius 3 is 2.75 bits per heavy atom. The summed E-state index contributed by atoms with van der Waals surface area (Å²) in [5, 5.41) is 11.8. The highest BCUT2D eigenvalue weighted by Crippen LogP contribution is 2.25. The van der Waals surface area contributed by atoms with Gasteiger partial charge in [0.05, 0.1) is 6.10 Å². The highest BCUT2D eigenvalue weighted by Gasteiger charge is 2.06. The van der Waals surface area contributed by atoms with Gasteiger partial charge in [0.15, 0.2) is 0 Å². The minimum absolute atomic E-state index is 0.365. The van der Waals surface area contributed by atoms with E-state index in [1.807, 2.05) is 23.6 Å². The molecule has 1 nitrogen and oxygen atoms in total. The predicted octanol–water partition coefficient (Wildman–Crippen LogP) is 4.57. The maximum Gasteiger partial charge on any atom is 0.0859 e. The van der Waals surface area contributed by atoms with Crippen molar-refractivity contribution in [3.8, 4) is 0 Å². The topological polar surface area (TPSA) is 20.2 Å². The Hall–Kier alpha value is -0.250. The molecule has 0 aliphatic heterocycles. The first kappa shape index (κ1) is 13.8. The van der Waals surface area contributed by atoms with Crippen LogP contribution >= 0.6 is 27.7 Å². The highest BCUT2D eigenvalue weighted by atomic mass is 79.9. The number of thioether (sulfide) groups is 1. The Balaban J connectivity index is 2.44. The smallest absolute Gasteiger partial charge is 0.0859 e. The summed E-state index contributed by atoms with van der Waals surface area (Å²) >= 11 is 5.04. The van der Waals surface area contributed by atoms with Gasteiger partial charge in [0.2, 0.25) is 0 Å². The molecule has 1 aromatic rings. The monoisotopic (exact) mass is 300 g/mol. The number of halogens is 1. The molecule has 1 rings (SSSR count). The van der Waals surface area contributed by atoms with Crippen LogP contribution in [0.2, 0.25) is 0 Å². The van der Waals surface area contributed by atoms with Gasteiger partial charge in [-0.05, 0) is 24.0 Å². The van der Waals surface area contributed by atoms with Gasteiger partial charge in [-0.1, -0.05) is 65.7 Å². The van der Waals surface area contributed by atoms with E-state index in [-0.39, 0.29) is 6.10 Å². The molecule has 0 bridgehead atoms. The summed E-state index contributed by atoms with van der Waals surface area (Å²) in [6.45, 7) is 2.13. The SMILES string of the molecule is CCCCC(O)/C(Br)=C/Sc1ccccc1. The molecule has 0 aliphatic carbocycles. The summed E-state index contributed by atoms with van der Waals surface area (Å²) in [6, 6.07) is 10.1. The molecular weight excluding hydrogens is 284 g/mol. The van der Waals surface area contributed by atoms with Crippen molar-refractivity contribution in [3.63, 3.8) is 0 Å². The van der Waals surface area contributed by atoms with Gasteiger partial charge in [-0.2, -0.15) is 0 Å². The van der Waals surface area contributed by atoms with E-state index in [0.717, 1.165) is 23.7 Å². The molecule has 0 amide bonds. The van der Waals surface area contributed by atoms with Crippen LogP contribution in [0.25, 0.3) is 0 Å². The Kier molecular flexibility index (Phi) is 6.85. The van der Waals surface area contributed by atoms with Crippen LogP contribution in [0, 0.1) is 0 Å². The van der Waals surface area contributed by atoms with E-state index in [1.54, 1.807) is 11.8 Å². The first-order chi connectivity index (χ1) is 7.74. The zero-order valence-electron chi connectivity index (χ0n) is 9.40. The zero-order chi connectivity index (χ0) is 11.8. The molecule has 16 heavy (non-hydrogen) atoms. The first-order valence-corrected chi connectivity index (χ1v) is 7.16. The molecule has 0 aliphatic rings. The van der Waals surface area contributed by atoms with Gasteiger partial charge >= 0.3 is 0 Å². The van der Waals surface area contributed by atoms with Crippen LogP contribution in [0.1, 0.15) is 26.2 Å². The van der Waals surface area contributed by atoms with Crippen LogP contribution in [-0.4, -0.2) is 11.2 Å². The minimum atomic E-state index is -0.365. The lowest BCUT2D eigenvalue weighted by Crippen LogP contribution is -2.05. The van der Waals surface area contributed by atoms with Crippen molar-refractivity contribution in [1.29, 1.82) is 0 Å². The zero-order valence-corrected chi connectivity index (χ0v) is 11.8. The lowest BCUT2D eigenvalue weighted by atomic mass is 10.2. The average molecular weight is 301 g/mol. The summed E-state index contributed by atoms with van der Waals surface area (Å²) < 4.78 is 0.870. The van der Waals surface area contributed by atoms with Crippen LogP contribution in [0.4, 0.5) is 0 Å². The fraction of sp³-hybridized carbons (Fsp3) is 0.385. The largest absolute Gasteiger partial charge is 0.388 e. The Morgan fingerprint density at radius 1 is 1.44 bits per heavy atom. The molecule has 0 radical (unpaired) electrons. The number of hydrogen-bond acceptors (Lipinski definition) is 2. The molecule has 0 saturated heterocycles. The standard InChI is InChI=1S/C13H17BrOS/c1-2-3-9-13(15)12(14)10-16-11-7-5-4-6-8-11/h4-8,10,13,15H,2-3,9H2,1H3/b12-10-. The molecule has 0 aromatic heterocycles. The van der Waals surface area contributed by atoms with E-state index in [4.69, 9.17) is 0 Å². The Labute approximate surface area is 110 Å². The van der Waals surface area contributed by atoms with E-state index >= 15 is 0 Å². The fourth-order valence-corrected chi connectivity index (χ4v) is 2.47. The van der Waals surface area contributed by atoms with Gasteiger partial charge in [-0.15, -0.1) is 0 Å². The number of aliphatic hydroxyl groups excluding tert-OH is 1. The van der Waals surface area contributed by atoms with E-state index in [2.05, 4.69) is 35.0 Å². The summed E-state index contributed by atoms with van der Waals surface area (Å²) in [5.41, 5.74) is 0. The van der Waals surface area contributed by atoms with Gasteiger partial charge < -0.3 is 5.11 Å². The van der Waals surface area contributed by atoms with Crippen molar-refractivity contribution in [2.24, 2.45) is 0 Å². The molecule has 0 saturated carbocycles. The molecule has 0 heterocycles. The van der Waals surface area contributed by atoms with Crippen molar-refractivity contribution in [2.45, 2.75) is 37.2 Å². The second-order valence-electron chi connectivity index (χ2n) is 3.59. The minimum Gasteiger partial charge on any atom is -0.388 e. The van der Waals surface area contributed by atoms with Crippen molar-refractivity contribution in [2.75, 3.05) is 0 Å². The molecule has 1 N–H and O–H groups in total. The molecule has 1 aromatic carbocycles. The van der Waals surface area contributed by atoms with Gasteiger partial charge in [0, 0.05) is 9.38 Å². The van der Waals surface area contributed by atoms with E-state index in [1.165, 1.54) is 4.90 Å². The van der Waals surface area contributed by atoms with Crippen LogP contribution in [0.15, 0.2) is 45.1 Å².